The number of hydrogen-bond acceptors (Lipinski definition) is 4. The van der Waals surface area contributed by atoms with Crippen LogP contribution in [0.3, 0.4) is 0 Å². The van der Waals surface area contributed by atoms with Crippen molar-refractivity contribution in [1.29, 1.82) is 0 Å². The molecule has 0 saturated heterocycles. The van der Waals surface area contributed by atoms with Crippen molar-refractivity contribution in [3.8, 4) is 0 Å². The van der Waals surface area contributed by atoms with Gasteiger partial charge in [0.2, 0.25) is 10.0 Å². The zero-order valence-corrected chi connectivity index (χ0v) is 13.6. The van der Waals surface area contributed by atoms with Crippen LogP contribution in [0.2, 0.25) is 0 Å². The van der Waals surface area contributed by atoms with Crippen molar-refractivity contribution in [3.05, 3.63) is 35.4 Å². The summed E-state index contributed by atoms with van der Waals surface area (Å²) in [6, 6.07) is 6.84. The van der Waals surface area contributed by atoms with Gasteiger partial charge in [-0.2, -0.15) is 0 Å². The number of nitrogens with two attached hydrogens (primary N) is 1. The molecule has 0 heterocycles. The second kappa shape index (κ2) is 7.82. The van der Waals surface area contributed by atoms with E-state index < -0.39 is 20.8 Å². The highest BCUT2D eigenvalue weighted by atomic mass is 32.2. The van der Waals surface area contributed by atoms with Gasteiger partial charge in [0.25, 0.3) is 0 Å². The SMILES string of the molecule is CS(=O)CCCNS(=O)(=O)Cc1cccc(C(N)=S)c1. The first-order chi connectivity index (χ1) is 9.30. The molecule has 0 saturated carbocycles. The highest BCUT2D eigenvalue weighted by Gasteiger charge is 2.11. The number of hydrogen-bond donors (Lipinski definition) is 2. The third kappa shape index (κ3) is 6.56. The van der Waals surface area contributed by atoms with Gasteiger partial charge >= 0.3 is 0 Å². The van der Waals surface area contributed by atoms with Crippen molar-refractivity contribution in [2.24, 2.45) is 5.73 Å². The van der Waals surface area contributed by atoms with Crippen LogP contribution in [0.25, 0.3) is 0 Å². The normalized spacial score (nSPS) is 13.1. The molecule has 1 aromatic rings. The largest absolute Gasteiger partial charge is 0.389 e. The fraction of sp³-hybridized carbons (Fsp3) is 0.417. The van der Waals surface area contributed by atoms with Gasteiger partial charge in [-0.1, -0.05) is 30.4 Å². The van der Waals surface area contributed by atoms with Crippen LogP contribution in [0.15, 0.2) is 24.3 Å². The van der Waals surface area contributed by atoms with Crippen molar-refractivity contribution in [2.75, 3.05) is 18.6 Å². The van der Waals surface area contributed by atoms with Gasteiger partial charge in [-0.3, -0.25) is 4.21 Å². The Bertz CT molecular complexity index is 600. The topological polar surface area (TPSA) is 89.3 Å². The fourth-order valence-corrected chi connectivity index (χ4v) is 3.44. The predicted molar refractivity (Wildman–Crippen MR) is 86.5 cm³/mol. The van der Waals surface area contributed by atoms with E-state index in [9.17, 15) is 12.6 Å². The highest BCUT2D eigenvalue weighted by molar-refractivity contribution is 7.88. The van der Waals surface area contributed by atoms with Crippen LogP contribution in [-0.2, 0) is 26.6 Å². The summed E-state index contributed by atoms with van der Waals surface area (Å²) in [4.78, 5) is 0.239. The van der Waals surface area contributed by atoms with Crippen LogP contribution in [0.1, 0.15) is 17.5 Å². The quantitative estimate of drug-likeness (QED) is 0.534. The van der Waals surface area contributed by atoms with E-state index in [-0.39, 0.29) is 17.3 Å². The molecule has 8 heteroatoms. The Morgan fingerprint density at radius 1 is 1.45 bits per heavy atom. The lowest BCUT2D eigenvalue weighted by atomic mass is 10.1. The molecule has 0 bridgehead atoms. The predicted octanol–water partition coefficient (Wildman–Crippen LogP) is 0.509. The second-order valence-corrected chi connectivity index (χ2v) is 8.15. The molecule has 0 aliphatic heterocycles. The summed E-state index contributed by atoms with van der Waals surface area (Å²) in [5.74, 6) is 0.359. The molecule has 20 heavy (non-hydrogen) atoms. The van der Waals surface area contributed by atoms with Crippen molar-refractivity contribution >= 4 is 38.0 Å². The average Bonchev–Trinajstić information content (AvgIpc) is 2.34. The molecule has 0 radical (unpaired) electrons. The van der Waals surface area contributed by atoms with E-state index in [4.69, 9.17) is 18.0 Å². The van der Waals surface area contributed by atoms with Crippen molar-refractivity contribution in [1.82, 2.24) is 4.72 Å². The summed E-state index contributed by atoms with van der Waals surface area (Å²) in [6.45, 7) is 0.289. The fourth-order valence-electron chi connectivity index (χ4n) is 1.59. The van der Waals surface area contributed by atoms with Gasteiger partial charge in [0.15, 0.2) is 0 Å². The molecule has 0 aliphatic rings. The molecule has 0 fully saturated rings. The summed E-state index contributed by atoms with van der Waals surface area (Å²) in [5, 5.41) is 0. The Balaban J connectivity index is 2.60. The number of rotatable bonds is 8. The summed E-state index contributed by atoms with van der Waals surface area (Å²) in [5.41, 5.74) is 6.78. The van der Waals surface area contributed by atoms with Crippen LogP contribution < -0.4 is 10.5 Å². The molecule has 112 valence electrons. The highest BCUT2D eigenvalue weighted by Crippen LogP contribution is 2.08. The van der Waals surface area contributed by atoms with Gasteiger partial charge < -0.3 is 5.73 Å². The minimum absolute atomic E-state index is 0.126. The molecule has 1 unspecified atom stereocenters. The van der Waals surface area contributed by atoms with E-state index in [0.717, 1.165) is 0 Å². The van der Waals surface area contributed by atoms with Crippen LogP contribution in [0, 0.1) is 0 Å². The Kier molecular flexibility index (Phi) is 6.74. The maximum absolute atomic E-state index is 11.9. The Hall–Kier alpha value is -0.830. The Morgan fingerprint density at radius 3 is 2.75 bits per heavy atom. The summed E-state index contributed by atoms with van der Waals surface area (Å²) < 4.78 is 37.1. The molecule has 3 N–H and O–H groups in total. The van der Waals surface area contributed by atoms with Crippen molar-refractivity contribution in [2.45, 2.75) is 12.2 Å². The average molecular weight is 334 g/mol. The lowest BCUT2D eigenvalue weighted by Gasteiger charge is -2.07. The standard InChI is InChI=1S/C12H18N2O3S3/c1-19(15)7-3-6-14-20(16,17)9-10-4-2-5-11(8-10)12(13)18/h2,4-5,8,14H,3,6-7,9H2,1H3,(H2,13,18). The van der Waals surface area contributed by atoms with Crippen LogP contribution in [0.4, 0.5) is 0 Å². The zero-order chi connectivity index (χ0) is 15.2. The lowest BCUT2D eigenvalue weighted by Crippen LogP contribution is -2.27. The van der Waals surface area contributed by atoms with Gasteiger partial charge in [0.1, 0.15) is 4.99 Å². The summed E-state index contributed by atoms with van der Waals surface area (Å²) >= 11 is 4.86. The minimum Gasteiger partial charge on any atom is -0.389 e. The van der Waals surface area contributed by atoms with Gasteiger partial charge in [-0.25, -0.2) is 13.1 Å². The van der Waals surface area contributed by atoms with Gasteiger partial charge in [-0.15, -0.1) is 0 Å². The third-order valence-corrected chi connectivity index (χ3v) is 4.96. The van der Waals surface area contributed by atoms with Gasteiger partial charge in [0.05, 0.1) is 5.75 Å². The number of sulfonamides is 1. The maximum Gasteiger partial charge on any atom is 0.215 e. The third-order valence-electron chi connectivity index (χ3n) is 2.50. The number of benzene rings is 1. The molecule has 0 spiro atoms. The number of nitrogens with one attached hydrogen (secondary N) is 1. The van der Waals surface area contributed by atoms with Crippen LogP contribution in [-0.4, -0.2) is 36.2 Å². The molecule has 1 rings (SSSR count). The molecule has 0 aromatic heterocycles. The molecule has 1 atom stereocenters. The van der Waals surface area contributed by atoms with E-state index in [1.54, 1.807) is 30.5 Å². The number of thiocarbonyl (C=S) groups is 1. The van der Waals surface area contributed by atoms with Crippen molar-refractivity contribution in [3.63, 3.8) is 0 Å². The minimum atomic E-state index is -3.41. The first-order valence-corrected chi connectivity index (χ1v) is 9.75. The summed E-state index contributed by atoms with van der Waals surface area (Å²) in [6.07, 6.45) is 2.14. The van der Waals surface area contributed by atoms with E-state index >= 15 is 0 Å². The summed E-state index contributed by atoms with van der Waals surface area (Å²) in [7, 11) is -4.31. The molecule has 5 nitrogen and oxygen atoms in total. The Morgan fingerprint density at radius 2 is 2.15 bits per heavy atom. The molecule has 0 amide bonds. The van der Waals surface area contributed by atoms with Crippen molar-refractivity contribution < 1.29 is 12.6 Å². The second-order valence-electron chi connectivity index (χ2n) is 4.35. The molecular weight excluding hydrogens is 316 g/mol. The van der Waals surface area contributed by atoms with Crippen LogP contribution >= 0.6 is 12.2 Å². The van der Waals surface area contributed by atoms with E-state index in [0.29, 0.717) is 23.3 Å². The zero-order valence-electron chi connectivity index (χ0n) is 11.2. The van der Waals surface area contributed by atoms with E-state index in [2.05, 4.69) is 4.72 Å². The maximum atomic E-state index is 11.9. The van der Waals surface area contributed by atoms with Gasteiger partial charge in [-0.05, 0) is 18.1 Å². The lowest BCUT2D eigenvalue weighted by molar-refractivity contribution is 0.580. The smallest absolute Gasteiger partial charge is 0.215 e. The first kappa shape index (κ1) is 17.2. The first-order valence-electron chi connectivity index (χ1n) is 5.96. The van der Waals surface area contributed by atoms with E-state index in [1.165, 1.54) is 0 Å². The van der Waals surface area contributed by atoms with Crippen LogP contribution in [0.5, 0.6) is 0 Å². The molecular formula is C12H18N2O3S3. The molecule has 1 aromatic carbocycles. The van der Waals surface area contributed by atoms with Gasteiger partial charge in [0, 0.05) is 34.9 Å². The Labute approximate surface area is 127 Å². The van der Waals surface area contributed by atoms with E-state index in [1.807, 2.05) is 0 Å². The monoisotopic (exact) mass is 334 g/mol. The molecule has 0 aliphatic carbocycles.